The Balaban J connectivity index is 2.32. The SMILES string of the molecule is CC(C)C1(C(C)C)C(=O)OC2(OC1=O)SCCCS2. The van der Waals surface area contributed by atoms with E-state index in [9.17, 15) is 9.59 Å². The Hall–Kier alpha value is -0.360. The van der Waals surface area contributed by atoms with E-state index in [0.29, 0.717) is 0 Å². The average Bonchev–Trinajstić information content (AvgIpc) is 2.27. The summed E-state index contributed by atoms with van der Waals surface area (Å²) >= 11 is 2.79. The first-order valence-electron chi connectivity index (χ1n) is 6.60. The molecule has 0 aromatic rings. The normalized spacial score (nSPS) is 25.6. The minimum absolute atomic E-state index is 0.150. The zero-order valence-corrected chi connectivity index (χ0v) is 13.4. The second-order valence-corrected chi connectivity index (χ2v) is 8.24. The zero-order chi connectivity index (χ0) is 14.3. The lowest BCUT2D eigenvalue weighted by atomic mass is 9.68. The van der Waals surface area contributed by atoms with Gasteiger partial charge in [-0.1, -0.05) is 51.2 Å². The second-order valence-electron chi connectivity index (χ2n) is 5.51. The predicted octanol–water partition coefficient (Wildman–Crippen LogP) is 2.87. The van der Waals surface area contributed by atoms with Crippen molar-refractivity contribution in [2.45, 2.75) is 38.6 Å². The molecule has 0 radical (unpaired) electrons. The molecule has 2 fully saturated rings. The summed E-state index contributed by atoms with van der Waals surface area (Å²) < 4.78 is 10.00. The minimum Gasteiger partial charge on any atom is -0.403 e. The van der Waals surface area contributed by atoms with Crippen LogP contribution in [0.1, 0.15) is 34.1 Å². The van der Waals surface area contributed by atoms with Crippen LogP contribution in [0.3, 0.4) is 0 Å². The molecule has 0 aromatic carbocycles. The van der Waals surface area contributed by atoms with Crippen molar-refractivity contribution in [2.75, 3.05) is 11.5 Å². The summed E-state index contributed by atoms with van der Waals surface area (Å²) in [5.74, 6) is 0.506. The molecule has 19 heavy (non-hydrogen) atoms. The van der Waals surface area contributed by atoms with Gasteiger partial charge in [0.05, 0.1) is 0 Å². The van der Waals surface area contributed by atoms with Gasteiger partial charge in [-0.3, -0.25) is 9.59 Å². The van der Waals surface area contributed by atoms with Crippen LogP contribution < -0.4 is 0 Å². The molecule has 0 amide bonds. The monoisotopic (exact) mass is 304 g/mol. The van der Waals surface area contributed by atoms with Crippen molar-refractivity contribution in [1.29, 1.82) is 0 Å². The van der Waals surface area contributed by atoms with E-state index in [1.54, 1.807) is 0 Å². The summed E-state index contributed by atoms with van der Waals surface area (Å²) in [7, 11) is 0. The molecule has 6 heteroatoms. The van der Waals surface area contributed by atoms with Gasteiger partial charge in [-0.15, -0.1) is 0 Å². The molecule has 0 aliphatic carbocycles. The van der Waals surface area contributed by atoms with Gasteiger partial charge in [-0.2, -0.15) is 0 Å². The van der Waals surface area contributed by atoms with Gasteiger partial charge in [0, 0.05) is 11.5 Å². The van der Waals surface area contributed by atoms with Crippen LogP contribution >= 0.6 is 23.5 Å². The Morgan fingerprint density at radius 2 is 1.37 bits per heavy atom. The van der Waals surface area contributed by atoms with Crippen LogP contribution in [0.15, 0.2) is 0 Å². The second kappa shape index (κ2) is 5.20. The molecule has 0 bridgehead atoms. The molecule has 1 spiro atoms. The van der Waals surface area contributed by atoms with Crippen LogP contribution in [0.5, 0.6) is 0 Å². The summed E-state index contributed by atoms with van der Waals surface area (Å²) in [4.78, 5) is 25.1. The van der Waals surface area contributed by atoms with Crippen LogP contribution in [0.4, 0.5) is 0 Å². The quantitative estimate of drug-likeness (QED) is 0.577. The lowest BCUT2D eigenvalue weighted by Gasteiger charge is -2.46. The number of esters is 2. The first-order valence-corrected chi connectivity index (χ1v) is 8.57. The maximum absolute atomic E-state index is 12.5. The standard InChI is InChI=1S/C13H20O4S2/c1-8(2)12(9(3)4)10(14)16-13(17-11(12)15)18-6-5-7-19-13/h8-9H,5-7H2,1-4H3. The van der Waals surface area contributed by atoms with Crippen molar-refractivity contribution in [2.24, 2.45) is 17.3 Å². The third-order valence-corrected chi connectivity index (χ3v) is 6.51. The van der Waals surface area contributed by atoms with Crippen LogP contribution in [-0.4, -0.2) is 27.9 Å². The van der Waals surface area contributed by atoms with Crippen molar-refractivity contribution in [3.63, 3.8) is 0 Å². The number of thioether (sulfide) groups is 2. The fraction of sp³-hybridized carbons (Fsp3) is 0.846. The largest absolute Gasteiger partial charge is 0.403 e. The number of carbonyl (C=O) groups excluding carboxylic acids is 2. The van der Waals surface area contributed by atoms with Gasteiger partial charge in [0.2, 0.25) is 0 Å². The van der Waals surface area contributed by atoms with Crippen molar-refractivity contribution in [3.8, 4) is 0 Å². The molecule has 108 valence electrons. The van der Waals surface area contributed by atoms with Gasteiger partial charge >= 0.3 is 16.4 Å². The van der Waals surface area contributed by atoms with E-state index in [2.05, 4.69) is 0 Å². The first kappa shape index (κ1) is 15.0. The maximum atomic E-state index is 12.5. The van der Waals surface area contributed by atoms with Crippen LogP contribution in [0.2, 0.25) is 0 Å². The van der Waals surface area contributed by atoms with Crippen molar-refractivity contribution < 1.29 is 19.1 Å². The summed E-state index contributed by atoms with van der Waals surface area (Å²) in [6, 6.07) is 0. The molecule has 0 unspecified atom stereocenters. The van der Waals surface area contributed by atoms with Gasteiger partial charge in [0.25, 0.3) is 0 Å². The highest BCUT2D eigenvalue weighted by Gasteiger charge is 2.62. The average molecular weight is 304 g/mol. The maximum Gasteiger partial charge on any atom is 0.358 e. The molecule has 2 aliphatic heterocycles. The molecule has 0 N–H and O–H groups in total. The fourth-order valence-electron chi connectivity index (χ4n) is 2.72. The number of carbonyl (C=O) groups is 2. The molecule has 0 aromatic heterocycles. The highest BCUT2D eigenvalue weighted by Crippen LogP contribution is 2.52. The van der Waals surface area contributed by atoms with Gasteiger partial charge in [-0.25, -0.2) is 0 Å². The highest BCUT2D eigenvalue weighted by atomic mass is 32.2. The summed E-state index contributed by atoms with van der Waals surface area (Å²) in [5.41, 5.74) is -1.18. The number of hydrogen-bond acceptors (Lipinski definition) is 6. The third-order valence-electron chi connectivity index (χ3n) is 3.78. The van der Waals surface area contributed by atoms with Gasteiger partial charge < -0.3 is 9.47 Å². The van der Waals surface area contributed by atoms with Crippen LogP contribution in [0.25, 0.3) is 0 Å². The Morgan fingerprint density at radius 3 is 1.74 bits per heavy atom. The number of ether oxygens (including phenoxy) is 2. The van der Waals surface area contributed by atoms with E-state index in [4.69, 9.17) is 9.47 Å². The van der Waals surface area contributed by atoms with Crippen LogP contribution in [-0.2, 0) is 19.1 Å². The Kier molecular flexibility index (Phi) is 4.12. The highest BCUT2D eigenvalue weighted by molar-refractivity contribution is 8.18. The summed E-state index contributed by atoms with van der Waals surface area (Å²) in [6.45, 7) is 7.45. The Bertz CT molecular complexity index is 356. The molecular formula is C13H20O4S2. The third kappa shape index (κ3) is 2.27. The van der Waals surface area contributed by atoms with E-state index >= 15 is 0 Å². The van der Waals surface area contributed by atoms with Gasteiger partial charge in [-0.05, 0) is 18.3 Å². The van der Waals surface area contributed by atoms with E-state index in [-0.39, 0.29) is 11.8 Å². The minimum atomic E-state index is -1.18. The Morgan fingerprint density at radius 1 is 0.947 bits per heavy atom. The van der Waals surface area contributed by atoms with Gasteiger partial charge in [0.15, 0.2) is 5.41 Å². The van der Waals surface area contributed by atoms with Gasteiger partial charge in [0.1, 0.15) is 0 Å². The molecule has 0 saturated carbocycles. The summed E-state index contributed by atoms with van der Waals surface area (Å²) in [5, 5.41) is 0. The Labute approximate surface area is 122 Å². The lowest BCUT2D eigenvalue weighted by Crippen LogP contribution is -2.59. The molecule has 0 atom stereocenters. The van der Waals surface area contributed by atoms with Crippen molar-refractivity contribution >= 4 is 35.5 Å². The molecule has 2 heterocycles. The van der Waals surface area contributed by atoms with E-state index in [1.807, 2.05) is 27.7 Å². The summed E-state index contributed by atoms with van der Waals surface area (Å²) in [6.07, 6.45) is 1.03. The van der Waals surface area contributed by atoms with E-state index in [1.165, 1.54) is 23.5 Å². The number of rotatable bonds is 2. The topological polar surface area (TPSA) is 52.6 Å². The fourth-order valence-corrected chi connectivity index (χ4v) is 5.35. The molecule has 2 rings (SSSR count). The van der Waals surface area contributed by atoms with Crippen LogP contribution in [0, 0.1) is 17.3 Å². The predicted molar refractivity (Wildman–Crippen MR) is 76.6 cm³/mol. The van der Waals surface area contributed by atoms with Crippen molar-refractivity contribution in [1.82, 2.24) is 0 Å². The van der Waals surface area contributed by atoms with Crippen molar-refractivity contribution in [3.05, 3.63) is 0 Å². The lowest BCUT2D eigenvalue weighted by molar-refractivity contribution is -0.223. The molecule has 2 saturated heterocycles. The van der Waals surface area contributed by atoms with E-state index in [0.717, 1.165) is 17.9 Å². The molecular weight excluding hydrogens is 284 g/mol. The molecule has 4 nitrogen and oxygen atoms in total. The van der Waals surface area contributed by atoms with E-state index < -0.39 is 21.8 Å². The first-order chi connectivity index (χ1) is 8.85. The number of hydrogen-bond donors (Lipinski definition) is 0. The zero-order valence-electron chi connectivity index (χ0n) is 11.7. The smallest absolute Gasteiger partial charge is 0.358 e. The molecule has 2 aliphatic rings.